The number of halogens is 1. The molecule has 1 saturated heterocycles. The van der Waals surface area contributed by atoms with E-state index in [1.807, 2.05) is 24.0 Å². The van der Waals surface area contributed by atoms with Crippen LogP contribution in [-0.4, -0.2) is 30.4 Å². The summed E-state index contributed by atoms with van der Waals surface area (Å²) in [4.78, 5) is 13.8. The van der Waals surface area contributed by atoms with Crippen molar-refractivity contribution in [3.05, 3.63) is 34.3 Å². The maximum absolute atomic E-state index is 11.8. The molecule has 1 aliphatic heterocycles. The Bertz CT molecular complexity index is 442. The van der Waals surface area contributed by atoms with Gasteiger partial charge in [-0.3, -0.25) is 4.79 Å². The van der Waals surface area contributed by atoms with Gasteiger partial charge >= 0.3 is 0 Å². The lowest BCUT2D eigenvalue weighted by Gasteiger charge is -2.15. The SMILES string of the molecule is Cc1ccc(CNCCC(=O)N2CCCC2)c(Cl)c1. The highest BCUT2D eigenvalue weighted by Gasteiger charge is 2.16. The molecule has 1 amide bonds. The molecule has 1 aromatic carbocycles. The van der Waals surface area contributed by atoms with Gasteiger partial charge in [-0.2, -0.15) is 0 Å². The molecule has 0 bridgehead atoms. The number of likely N-dealkylation sites (tertiary alicyclic amines) is 1. The Morgan fingerprint density at radius 3 is 2.79 bits per heavy atom. The molecule has 0 atom stereocenters. The molecule has 0 saturated carbocycles. The standard InChI is InChI=1S/C15H21ClN2O/c1-12-4-5-13(14(16)10-12)11-17-7-6-15(19)18-8-2-3-9-18/h4-5,10,17H,2-3,6-9,11H2,1H3. The largest absolute Gasteiger partial charge is 0.343 e. The molecular formula is C15H21ClN2O. The summed E-state index contributed by atoms with van der Waals surface area (Å²) in [6.45, 7) is 5.31. The third-order valence-corrected chi connectivity index (χ3v) is 3.85. The highest BCUT2D eigenvalue weighted by atomic mass is 35.5. The van der Waals surface area contributed by atoms with Crippen LogP contribution in [0.4, 0.5) is 0 Å². The molecule has 1 heterocycles. The maximum Gasteiger partial charge on any atom is 0.223 e. The first-order valence-electron chi connectivity index (χ1n) is 6.90. The zero-order chi connectivity index (χ0) is 13.7. The average Bonchev–Trinajstić information content (AvgIpc) is 2.90. The second-order valence-corrected chi connectivity index (χ2v) is 5.52. The maximum atomic E-state index is 11.8. The Labute approximate surface area is 119 Å². The number of nitrogens with zero attached hydrogens (tertiary/aromatic N) is 1. The fourth-order valence-electron chi connectivity index (χ4n) is 2.34. The quantitative estimate of drug-likeness (QED) is 0.841. The average molecular weight is 281 g/mol. The van der Waals surface area contributed by atoms with Crippen molar-refractivity contribution in [3.63, 3.8) is 0 Å². The summed E-state index contributed by atoms with van der Waals surface area (Å²) in [5.41, 5.74) is 2.25. The number of carbonyl (C=O) groups is 1. The third kappa shape index (κ3) is 4.22. The van der Waals surface area contributed by atoms with Gasteiger partial charge in [0.15, 0.2) is 0 Å². The van der Waals surface area contributed by atoms with Crippen LogP contribution >= 0.6 is 11.6 Å². The second-order valence-electron chi connectivity index (χ2n) is 5.11. The molecule has 1 fully saturated rings. The Morgan fingerprint density at radius 2 is 2.11 bits per heavy atom. The normalized spacial score (nSPS) is 14.9. The molecule has 0 radical (unpaired) electrons. The second kappa shape index (κ2) is 6.92. The van der Waals surface area contributed by atoms with Gasteiger partial charge in [0.2, 0.25) is 5.91 Å². The van der Waals surface area contributed by atoms with Crippen molar-refractivity contribution in [2.75, 3.05) is 19.6 Å². The minimum absolute atomic E-state index is 0.264. The van der Waals surface area contributed by atoms with Crippen LogP contribution in [0.3, 0.4) is 0 Å². The van der Waals surface area contributed by atoms with E-state index in [9.17, 15) is 4.79 Å². The van der Waals surface area contributed by atoms with Crippen LogP contribution in [0.2, 0.25) is 5.02 Å². The Kier molecular flexibility index (Phi) is 5.23. The first kappa shape index (κ1) is 14.4. The smallest absolute Gasteiger partial charge is 0.223 e. The molecule has 0 spiro atoms. The number of benzene rings is 1. The zero-order valence-corrected chi connectivity index (χ0v) is 12.2. The molecule has 0 aliphatic carbocycles. The molecule has 3 nitrogen and oxygen atoms in total. The summed E-state index contributed by atoms with van der Waals surface area (Å²) in [6, 6.07) is 6.05. The predicted molar refractivity (Wildman–Crippen MR) is 78.3 cm³/mol. The monoisotopic (exact) mass is 280 g/mol. The number of nitrogens with one attached hydrogen (secondary N) is 1. The topological polar surface area (TPSA) is 32.3 Å². The van der Waals surface area contributed by atoms with Crippen molar-refractivity contribution in [1.82, 2.24) is 10.2 Å². The molecule has 1 aliphatic rings. The predicted octanol–water partition coefficient (Wildman–Crippen LogP) is 2.75. The van der Waals surface area contributed by atoms with Crippen molar-refractivity contribution in [1.29, 1.82) is 0 Å². The van der Waals surface area contributed by atoms with Gasteiger partial charge in [0.25, 0.3) is 0 Å². The van der Waals surface area contributed by atoms with Crippen LogP contribution in [0.5, 0.6) is 0 Å². The van der Waals surface area contributed by atoms with Gasteiger partial charge in [-0.25, -0.2) is 0 Å². The van der Waals surface area contributed by atoms with E-state index < -0.39 is 0 Å². The van der Waals surface area contributed by atoms with Gasteiger partial charge in [0.05, 0.1) is 0 Å². The number of rotatable bonds is 5. The molecule has 4 heteroatoms. The third-order valence-electron chi connectivity index (χ3n) is 3.50. The lowest BCUT2D eigenvalue weighted by Crippen LogP contribution is -2.30. The lowest BCUT2D eigenvalue weighted by molar-refractivity contribution is -0.130. The Morgan fingerprint density at radius 1 is 1.37 bits per heavy atom. The Balaban J connectivity index is 1.70. The van der Waals surface area contributed by atoms with Gasteiger partial charge in [0, 0.05) is 37.6 Å². The summed E-state index contributed by atoms with van der Waals surface area (Å²) in [6.07, 6.45) is 2.87. The lowest BCUT2D eigenvalue weighted by atomic mass is 10.1. The van der Waals surface area contributed by atoms with E-state index in [4.69, 9.17) is 11.6 Å². The molecule has 1 aromatic rings. The van der Waals surface area contributed by atoms with Gasteiger partial charge in [-0.15, -0.1) is 0 Å². The van der Waals surface area contributed by atoms with E-state index >= 15 is 0 Å². The van der Waals surface area contributed by atoms with Crippen molar-refractivity contribution in [2.45, 2.75) is 32.7 Å². The fraction of sp³-hybridized carbons (Fsp3) is 0.533. The summed E-state index contributed by atoms with van der Waals surface area (Å²) >= 11 is 6.16. The zero-order valence-electron chi connectivity index (χ0n) is 11.4. The number of hydrogen-bond donors (Lipinski definition) is 1. The molecule has 0 aromatic heterocycles. The molecule has 104 valence electrons. The molecule has 0 unspecified atom stereocenters. The molecule has 2 rings (SSSR count). The Hall–Kier alpha value is -1.06. The first-order valence-corrected chi connectivity index (χ1v) is 7.28. The van der Waals surface area contributed by atoms with Crippen molar-refractivity contribution in [3.8, 4) is 0 Å². The number of carbonyl (C=O) groups excluding carboxylic acids is 1. The van der Waals surface area contributed by atoms with E-state index in [1.54, 1.807) is 0 Å². The number of amides is 1. The van der Waals surface area contributed by atoms with Crippen molar-refractivity contribution in [2.24, 2.45) is 0 Å². The van der Waals surface area contributed by atoms with E-state index in [0.29, 0.717) is 19.5 Å². The van der Waals surface area contributed by atoms with Crippen molar-refractivity contribution < 1.29 is 4.79 Å². The van der Waals surface area contributed by atoms with Gasteiger partial charge in [-0.1, -0.05) is 23.7 Å². The fourth-order valence-corrected chi connectivity index (χ4v) is 2.64. The summed E-state index contributed by atoms with van der Waals surface area (Å²) < 4.78 is 0. The van der Waals surface area contributed by atoms with E-state index in [2.05, 4.69) is 11.4 Å². The molecule has 1 N–H and O–H groups in total. The van der Waals surface area contributed by atoms with Crippen LogP contribution in [0.1, 0.15) is 30.4 Å². The minimum atomic E-state index is 0.264. The van der Waals surface area contributed by atoms with Crippen LogP contribution in [0, 0.1) is 6.92 Å². The highest BCUT2D eigenvalue weighted by Crippen LogP contribution is 2.17. The highest BCUT2D eigenvalue weighted by molar-refractivity contribution is 6.31. The van der Waals surface area contributed by atoms with Gasteiger partial charge < -0.3 is 10.2 Å². The van der Waals surface area contributed by atoms with E-state index in [0.717, 1.165) is 42.1 Å². The van der Waals surface area contributed by atoms with Crippen LogP contribution in [-0.2, 0) is 11.3 Å². The van der Waals surface area contributed by atoms with Crippen LogP contribution in [0.15, 0.2) is 18.2 Å². The van der Waals surface area contributed by atoms with Gasteiger partial charge in [-0.05, 0) is 37.0 Å². The summed E-state index contributed by atoms with van der Waals surface area (Å²) in [5, 5.41) is 4.07. The van der Waals surface area contributed by atoms with Crippen LogP contribution in [0.25, 0.3) is 0 Å². The molecule has 19 heavy (non-hydrogen) atoms. The van der Waals surface area contributed by atoms with Crippen LogP contribution < -0.4 is 5.32 Å². The van der Waals surface area contributed by atoms with E-state index in [-0.39, 0.29) is 5.91 Å². The number of aryl methyl sites for hydroxylation is 1. The van der Waals surface area contributed by atoms with E-state index in [1.165, 1.54) is 0 Å². The minimum Gasteiger partial charge on any atom is -0.343 e. The summed E-state index contributed by atoms with van der Waals surface area (Å²) in [5.74, 6) is 0.264. The molecular weight excluding hydrogens is 260 g/mol. The van der Waals surface area contributed by atoms with Gasteiger partial charge in [0.1, 0.15) is 0 Å². The first-order chi connectivity index (χ1) is 9.16. The van der Waals surface area contributed by atoms with Crippen molar-refractivity contribution >= 4 is 17.5 Å². The number of hydrogen-bond acceptors (Lipinski definition) is 2. The summed E-state index contributed by atoms with van der Waals surface area (Å²) in [7, 11) is 0.